The molecule has 118 valence electrons. The topological polar surface area (TPSA) is 78.7 Å². The van der Waals surface area contributed by atoms with Gasteiger partial charge in [0.05, 0.1) is 5.75 Å². The van der Waals surface area contributed by atoms with Crippen molar-refractivity contribution in [2.24, 2.45) is 0 Å². The zero-order valence-corrected chi connectivity index (χ0v) is 13.4. The van der Waals surface area contributed by atoms with E-state index < -0.39 is 10.0 Å². The largest absolute Gasteiger partial charge is 0.399 e. The Morgan fingerprint density at radius 1 is 1.24 bits per heavy atom. The molecule has 1 aliphatic heterocycles. The lowest BCUT2D eigenvalue weighted by Crippen LogP contribution is -2.54. The number of nitrogens with two attached hydrogens (primary N) is 1. The summed E-state index contributed by atoms with van der Waals surface area (Å²) in [7, 11) is 0.768. The Kier molecular flexibility index (Phi) is 5.21. The molecule has 0 saturated carbocycles. The molecule has 0 radical (unpaired) electrons. The number of piperazine rings is 1. The van der Waals surface area contributed by atoms with Crippen molar-refractivity contribution in [3.05, 3.63) is 29.8 Å². The fourth-order valence-electron chi connectivity index (χ4n) is 2.43. The van der Waals surface area contributed by atoms with Crippen LogP contribution in [0.4, 0.5) is 5.69 Å². The molecule has 6 nitrogen and oxygen atoms in total. The number of likely N-dealkylation sites (N-methyl/N-ethyl adjacent to an activating group) is 2. The summed E-state index contributed by atoms with van der Waals surface area (Å²) < 4.78 is 27.0. The number of hydrogen-bond donors (Lipinski definition) is 2. The first-order chi connectivity index (χ1) is 9.85. The van der Waals surface area contributed by atoms with Gasteiger partial charge in [-0.3, -0.25) is 4.90 Å². The Morgan fingerprint density at radius 3 is 2.57 bits per heavy atom. The number of nitrogens with zero attached hydrogens (tertiary/aromatic N) is 2. The van der Waals surface area contributed by atoms with E-state index in [1.165, 1.54) is 0 Å². The van der Waals surface area contributed by atoms with Crippen LogP contribution < -0.4 is 10.5 Å². The molecule has 0 amide bonds. The second-order valence-corrected chi connectivity index (χ2v) is 7.55. The van der Waals surface area contributed by atoms with Crippen LogP contribution in [0.25, 0.3) is 0 Å². The quantitative estimate of drug-likeness (QED) is 0.745. The summed E-state index contributed by atoms with van der Waals surface area (Å²) in [4.78, 5) is 4.42. The molecular weight excluding hydrogens is 288 g/mol. The van der Waals surface area contributed by atoms with Crippen molar-refractivity contribution in [2.45, 2.75) is 11.8 Å². The van der Waals surface area contributed by atoms with Gasteiger partial charge in [-0.2, -0.15) is 0 Å². The Bertz CT molecular complexity index is 559. The standard InChI is InChI=1S/C14H24N4O2S/c1-17-7-8-18(2)14(10-17)9-16-21(19,20)11-12-3-5-13(15)6-4-12/h3-6,14,16H,7-11,15H2,1-2H3. The molecule has 0 aliphatic carbocycles. The summed E-state index contributed by atoms with van der Waals surface area (Å²) in [5.74, 6) is -0.0143. The SMILES string of the molecule is CN1CCN(C)C(CNS(=O)(=O)Cc2ccc(N)cc2)C1. The highest BCUT2D eigenvalue weighted by atomic mass is 32.2. The Hall–Kier alpha value is -1.15. The van der Waals surface area contributed by atoms with Crippen LogP contribution in [0.15, 0.2) is 24.3 Å². The van der Waals surface area contributed by atoms with Gasteiger partial charge in [0.2, 0.25) is 10.0 Å². The third kappa shape index (κ3) is 4.96. The van der Waals surface area contributed by atoms with Crippen molar-refractivity contribution < 1.29 is 8.42 Å². The Morgan fingerprint density at radius 2 is 1.90 bits per heavy atom. The minimum atomic E-state index is -3.32. The molecule has 2 rings (SSSR count). The summed E-state index contributed by atoms with van der Waals surface area (Å²) in [5.41, 5.74) is 6.98. The first kappa shape index (κ1) is 16.2. The summed E-state index contributed by atoms with van der Waals surface area (Å²) in [6.07, 6.45) is 0. The van der Waals surface area contributed by atoms with Gasteiger partial charge in [-0.15, -0.1) is 0 Å². The molecule has 0 spiro atoms. The van der Waals surface area contributed by atoms with E-state index in [1.54, 1.807) is 24.3 Å². The van der Waals surface area contributed by atoms with E-state index in [1.807, 2.05) is 7.05 Å². The molecule has 21 heavy (non-hydrogen) atoms. The second-order valence-electron chi connectivity index (χ2n) is 5.75. The van der Waals surface area contributed by atoms with E-state index in [0.717, 1.165) is 25.2 Å². The van der Waals surface area contributed by atoms with Crippen molar-refractivity contribution in [2.75, 3.05) is 46.0 Å². The molecule has 7 heteroatoms. The number of nitrogen functional groups attached to an aromatic ring is 1. The highest BCUT2D eigenvalue weighted by molar-refractivity contribution is 7.88. The zero-order chi connectivity index (χ0) is 15.5. The van der Waals surface area contributed by atoms with Crippen molar-refractivity contribution in [3.63, 3.8) is 0 Å². The average Bonchev–Trinajstić information content (AvgIpc) is 2.42. The molecule has 3 N–H and O–H groups in total. The maximum Gasteiger partial charge on any atom is 0.215 e. The molecule has 1 fully saturated rings. The number of benzene rings is 1. The lowest BCUT2D eigenvalue weighted by atomic mass is 10.2. The van der Waals surface area contributed by atoms with Crippen molar-refractivity contribution in [3.8, 4) is 0 Å². The normalized spacial score (nSPS) is 21.5. The Labute approximate surface area is 127 Å². The average molecular weight is 312 g/mol. The Balaban J connectivity index is 1.90. The van der Waals surface area contributed by atoms with Gasteiger partial charge >= 0.3 is 0 Å². The number of hydrogen-bond acceptors (Lipinski definition) is 5. The van der Waals surface area contributed by atoms with Crippen molar-refractivity contribution in [1.29, 1.82) is 0 Å². The zero-order valence-electron chi connectivity index (χ0n) is 12.6. The minimum Gasteiger partial charge on any atom is -0.399 e. The lowest BCUT2D eigenvalue weighted by molar-refractivity contribution is 0.117. The third-order valence-electron chi connectivity index (χ3n) is 3.86. The molecule has 1 heterocycles. The van der Waals surface area contributed by atoms with Gasteiger partial charge in [-0.05, 0) is 31.8 Å². The predicted octanol–water partition coefficient (Wildman–Crippen LogP) is -0.0660. The minimum absolute atomic E-state index is 0.0143. The van der Waals surface area contributed by atoms with Gasteiger partial charge in [0, 0.05) is 37.9 Å². The van der Waals surface area contributed by atoms with Gasteiger partial charge in [0.15, 0.2) is 0 Å². The van der Waals surface area contributed by atoms with Gasteiger partial charge < -0.3 is 10.6 Å². The fourth-order valence-corrected chi connectivity index (χ4v) is 3.61. The van der Waals surface area contributed by atoms with Gasteiger partial charge in [-0.25, -0.2) is 13.1 Å². The van der Waals surface area contributed by atoms with Crippen LogP contribution >= 0.6 is 0 Å². The summed E-state index contributed by atoms with van der Waals surface area (Å²) in [5, 5.41) is 0. The predicted molar refractivity (Wildman–Crippen MR) is 85.4 cm³/mol. The first-order valence-electron chi connectivity index (χ1n) is 7.06. The summed E-state index contributed by atoms with van der Waals surface area (Å²) in [6, 6.07) is 7.14. The number of sulfonamides is 1. The van der Waals surface area contributed by atoms with E-state index in [4.69, 9.17) is 5.73 Å². The maximum atomic E-state index is 12.1. The van der Waals surface area contributed by atoms with Gasteiger partial charge in [0.1, 0.15) is 0 Å². The molecule has 1 saturated heterocycles. The summed E-state index contributed by atoms with van der Waals surface area (Å²) in [6.45, 7) is 3.30. The smallest absolute Gasteiger partial charge is 0.215 e. The molecule has 1 aromatic carbocycles. The fraction of sp³-hybridized carbons (Fsp3) is 0.571. The monoisotopic (exact) mass is 312 g/mol. The van der Waals surface area contributed by atoms with E-state index in [0.29, 0.717) is 12.2 Å². The van der Waals surface area contributed by atoms with Gasteiger partial charge in [-0.1, -0.05) is 12.1 Å². The summed E-state index contributed by atoms with van der Waals surface area (Å²) >= 11 is 0. The molecule has 0 bridgehead atoms. The van der Waals surface area contributed by atoms with Crippen LogP contribution in [0, 0.1) is 0 Å². The van der Waals surface area contributed by atoms with E-state index >= 15 is 0 Å². The van der Waals surface area contributed by atoms with Crippen LogP contribution in [-0.4, -0.2) is 64.5 Å². The first-order valence-corrected chi connectivity index (χ1v) is 8.71. The van der Waals surface area contributed by atoms with E-state index in [9.17, 15) is 8.42 Å². The second kappa shape index (κ2) is 6.74. The van der Waals surface area contributed by atoms with Crippen molar-refractivity contribution in [1.82, 2.24) is 14.5 Å². The van der Waals surface area contributed by atoms with E-state index in [2.05, 4.69) is 21.6 Å². The van der Waals surface area contributed by atoms with Crippen LogP contribution in [0.1, 0.15) is 5.56 Å². The van der Waals surface area contributed by atoms with Crippen LogP contribution in [0.3, 0.4) is 0 Å². The number of anilines is 1. The highest BCUT2D eigenvalue weighted by Gasteiger charge is 2.23. The van der Waals surface area contributed by atoms with Crippen LogP contribution in [0.5, 0.6) is 0 Å². The molecule has 0 aromatic heterocycles. The number of rotatable bonds is 5. The number of nitrogens with one attached hydrogen (secondary N) is 1. The molecular formula is C14H24N4O2S. The molecule has 1 aliphatic rings. The maximum absolute atomic E-state index is 12.1. The highest BCUT2D eigenvalue weighted by Crippen LogP contribution is 2.10. The van der Waals surface area contributed by atoms with Gasteiger partial charge in [0.25, 0.3) is 0 Å². The molecule has 1 aromatic rings. The van der Waals surface area contributed by atoms with Crippen molar-refractivity contribution >= 4 is 15.7 Å². The molecule has 1 atom stereocenters. The van der Waals surface area contributed by atoms with Crippen LogP contribution in [-0.2, 0) is 15.8 Å². The lowest BCUT2D eigenvalue weighted by Gasteiger charge is -2.37. The van der Waals surface area contributed by atoms with Crippen LogP contribution in [0.2, 0.25) is 0 Å². The molecule has 1 unspecified atom stereocenters. The van der Waals surface area contributed by atoms with E-state index in [-0.39, 0.29) is 11.8 Å². The third-order valence-corrected chi connectivity index (χ3v) is 5.18.